The van der Waals surface area contributed by atoms with Crippen LogP contribution in [0.5, 0.6) is 0 Å². The number of carbonyl (C=O) groups is 1. The molecule has 24 heavy (non-hydrogen) atoms. The van der Waals surface area contributed by atoms with E-state index in [1.165, 1.54) is 11.8 Å². The number of rotatable bonds is 4. The van der Waals surface area contributed by atoms with Crippen molar-refractivity contribution in [1.29, 1.82) is 0 Å². The van der Waals surface area contributed by atoms with Gasteiger partial charge in [0.1, 0.15) is 0 Å². The fourth-order valence-corrected chi connectivity index (χ4v) is 3.53. The molecule has 1 aliphatic heterocycles. The van der Waals surface area contributed by atoms with Gasteiger partial charge in [0.15, 0.2) is 0 Å². The molecule has 128 valence electrons. The lowest BCUT2D eigenvalue weighted by Gasteiger charge is -2.35. The number of hydrogen-bond donors (Lipinski definition) is 0. The summed E-state index contributed by atoms with van der Waals surface area (Å²) in [6.07, 6.45) is 0.115. The van der Waals surface area contributed by atoms with Crippen molar-refractivity contribution in [2.75, 3.05) is 18.8 Å². The summed E-state index contributed by atoms with van der Waals surface area (Å²) in [6, 6.07) is 7.20. The SMILES string of the molecule is CC1CN(C(=O)CSc2nnnn2-c2ccc(Cl)cc2)CC(C)O1. The average molecular weight is 368 g/mol. The number of hydrogen-bond acceptors (Lipinski definition) is 6. The number of carbonyl (C=O) groups excluding carboxylic acids is 1. The molecule has 1 aromatic carbocycles. The summed E-state index contributed by atoms with van der Waals surface area (Å²) in [5, 5.41) is 12.9. The Balaban J connectivity index is 1.64. The van der Waals surface area contributed by atoms with E-state index >= 15 is 0 Å². The molecule has 7 nitrogen and oxygen atoms in total. The van der Waals surface area contributed by atoms with Gasteiger partial charge in [0.05, 0.1) is 23.6 Å². The summed E-state index contributed by atoms with van der Waals surface area (Å²) in [6.45, 7) is 5.19. The average Bonchev–Trinajstić information content (AvgIpc) is 3.01. The fourth-order valence-electron chi connectivity index (χ4n) is 2.61. The molecule has 1 fully saturated rings. The number of morpholine rings is 1. The van der Waals surface area contributed by atoms with Gasteiger partial charge in [-0.3, -0.25) is 4.79 Å². The molecule has 0 N–H and O–H groups in total. The molecular formula is C15H18ClN5O2S. The third-order valence-corrected chi connectivity index (χ3v) is 4.77. The van der Waals surface area contributed by atoms with Crippen LogP contribution >= 0.6 is 23.4 Å². The molecule has 2 atom stereocenters. The summed E-state index contributed by atoms with van der Waals surface area (Å²) >= 11 is 7.22. The maximum atomic E-state index is 12.4. The van der Waals surface area contributed by atoms with Gasteiger partial charge in [0.2, 0.25) is 11.1 Å². The molecule has 0 aliphatic carbocycles. The van der Waals surface area contributed by atoms with E-state index in [9.17, 15) is 4.79 Å². The summed E-state index contributed by atoms with van der Waals surface area (Å²) in [5.74, 6) is 0.348. The lowest BCUT2D eigenvalue weighted by Crippen LogP contribution is -2.48. The Morgan fingerprint density at radius 2 is 1.96 bits per heavy atom. The first-order chi connectivity index (χ1) is 11.5. The van der Waals surface area contributed by atoms with Crippen molar-refractivity contribution in [3.63, 3.8) is 0 Å². The molecule has 2 unspecified atom stereocenters. The topological polar surface area (TPSA) is 73.1 Å². The van der Waals surface area contributed by atoms with Gasteiger partial charge in [-0.05, 0) is 48.5 Å². The summed E-state index contributed by atoms with van der Waals surface area (Å²) in [4.78, 5) is 14.3. The van der Waals surface area contributed by atoms with Crippen molar-refractivity contribution in [2.45, 2.75) is 31.2 Å². The van der Waals surface area contributed by atoms with E-state index < -0.39 is 0 Å². The van der Waals surface area contributed by atoms with E-state index in [2.05, 4.69) is 15.5 Å². The van der Waals surface area contributed by atoms with Crippen LogP contribution in [0.4, 0.5) is 0 Å². The largest absolute Gasteiger partial charge is 0.372 e. The number of nitrogens with zero attached hydrogens (tertiary/aromatic N) is 5. The molecule has 9 heteroatoms. The number of tetrazole rings is 1. The van der Waals surface area contributed by atoms with Gasteiger partial charge < -0.3 is 9.64 Å². The Kier molecular flexibility index (Phi) is 5.37. The predicted octanol–water partition coefficient (Wildman–Crippen LogP) is 2.04. The van der Waals surface area contributed by atoms with Crippen LogP contribution in [0, 0.1) is 0 Å². The van der Waals surface area contributed by atoms with Crippen LogP contribution in [0.15, 0.2) is 29.4 Å². The van der Waals surface area contributed by atoms with Gasteiger partial charge >= 0.3 is 0 Å². The Bertz CT molecular complexity index is 698. The first-order valence-corrected chi connectivity index (χ1v) is 8.99. The number of benzene rings is 1. The second-order valence-corrected chi connectivity index (χ2v) is 7.07. The normalized spacial score (nSPS) is 21.0. The van der Waals surface area contributed by atoms with Gasteiger partial charge in [-0.25, -0.2) is 0 Å². The number of aromatic nitrogens is 4. The van der Waals surface area contributed by atoms with Gasteiger partial charge in [-0.15, -0.1) is 5.10 Å². The highest BCUT2D eigenvalue weighted by molar-refractivity contribution is 7.99. The molecule has 1 aromatic heterocycles. The lowest BCUT2D eigenvalue weighted by molar-refractivity contribution is -0.140. The summed E-state index contributed by atoms with van der Waals surface area (Å²) in [5.41, 5.74) is 0.799. The third-order valence-electron chi connectivity index (χ3n) is 3.61. The van der Waals surface area contributed by atoms with Crippen molar-refractivity contribution >= 4 is 29.3 Å². The van der Waals surface area contributed by atoms with Gasteiger partial charge in [-0.1, -0.05) is 23.4 Å². The molecule has 0 saturated carbocycles. The fraction of sp³-hybridized carbons (Fsp3) is 0.467. The Morgan fingerprint density at radius 3 is 2.62 bits per heavy atom. The molecule has 2 heterocycles. The van der Waals surface area contributed by atoms with Crippen LogP contribution in [0.3, 0.4) is 0 Å². The van der Waals surface area contributed by atoms with Crippen LogP contribution < -0.4 is 0 Å². The second-order valence-electron chi connectivity index (χ2n) is 5.69. The second kappa shape index (κ2) is 7.50. The Hall–Kier alpha value is -1.64. The number of thioether (sulfide) groups is 1. The third kappa shape index (κ3) is 4.06. The van der Waals surface area contributed by atoms with Gasteiger partial charge in [0, 0.05) is 18.1 Å². The van der Waals surface area contributed by atoms with E-state index in [1.807, 2.05) is 30.9 Å². The predicted molar refractivity (Wildman–Crippen MR) is 91.5 cm³/mol. The highest BCUT2D eigenvalue weighted by Crippen LogP contribution is 2.21. The van der Waals surface area contributed by atoms with Crippen molar-refractivity contribution in [1.82, 2.24) is 25.1 Å². The van der Waals surface area contributed by atoms with Crippen molar-refractivity contribution in [3.05, 3.63) is 29.3 Å². The lowest BCUT2D eigenvalue weighted by atomic mass is 10.2. The van der Waals surface area contributed by atoms with E-state index in [1.54, 1.807) is 16.8 Å². The molecular weight excluding hydrogens is 350 g/mol. The van der Waals surface area contributed by atoms with Crippen LogP contribution in [-0.2, 0) is 9.53 Å². The van der Waals surface area contributed by atoms with Crippen LogP contribution in [0.2, 0.25) is 5.02 Å². The minimum atomic E-state index is 0.0575. The van der Waals surface area contributed by atoms with E-state index in [0.717, 1.165) is 5.69 Å². The summed E-state index contributed by atoms with van der Waals surface area (Å²) in [7, 11) is 0. The molecule has 1 aliphatic rings. The smallest absolute Gasteiger partial charge is 0.233 e. The molecule has 2 aromatic rings. The molecule has 0 radical (unpaired) electrons. The Morgan fingerprint density at radius 1 is 1.29 bits per heavy atom. The van der Waals surface area contributed by atoms with Crippen LogP contribution in [0.1, 0.15) is 13.8 Å². The Labute approximate surface area is 149 Å². The minimum Gasteiger partial charge on any atom is -0.372 e. The molecule has 1 saturated heterocycles. The summed E-state index contributed by atoms with van der Waals surface area (Å²) < 4.78 is 7.25. The van der Waals surface area contributed by atoms with Crippen molar-refractivity contribution < 1.29 is 9.53 Å². The highest BCUT2D eigenvalue weighted by Gasteiger charge is 2.26. The molecule has 1 amide bonds. The monoisotopic (exact) mass is 367 g/mol. The number of halogens is 1. The zero-order chi connectivity index (χ0) is 17.1. The van der Waals surface area contributed by atoms with Gasteiger partial charge in [-0.2, -0.15) is 4.68 Å². The number of amides is 1. The van der Waals surface area contributed by atoms with Crippen molar-refractivity contribution in [3.8, 4) is 5.69 Å². The maximum absolute atomic E-state index is 12.4. The van der Waals surface area contributed by atoms with E-state index in [-0.39, 0.29) is 23.9 Å². The first kappa shape index (κ1) is 17.2. The van der Waals surface area contributed by atoms with Crippen LogP contribution in [-0.4, -0.2) is 62.1 Å². The van der Waals surface area contributed by atoms with E-state index in [4.69, 9.17) is 16.3 Å². The van der Waals surface area contributed by atoms with Crippen molar-refractivity contribution in [2.24, 2.45) is 0 Å². The van der Waals surface area contributed by atoms with Gasteiger partial charge in [0.25, 0.3) is 0 Å². The van der Waals surface area contributed by atoms with Crippen LogP contribution in [0.25, 0.3) is 5.69 Å². The zero-order valence-electron chi connectivity index (χ0n) is 13.4. The standard InChI is InChI=1S/C15H18ClN5O2S/c1-10-7-20(8-11(2)23-10)14(22)9-24-15-17-18-19-21(15)13-5-3-12(16)4-6-13/h3-6,10-11H,7-9H2,1-2H3. The zero-order valence-corrected chi connectivity index (χ0v) is 15.0. The minimum absolute atomic E-state index is 0.0575. The maximum Gasteiger partial charge on any atom is 0.233 e. The van der Waals surface area contributed by atoms with E-state index in [0.29, 0.717) is 23.3 Å². The molecule has 3 rings (SSSR count). The molecule has 0 spiro atoms. The quantitative estimate of drug-likeness (QED) is 0.770. The molecule has 0 bridgehead atoms. The number of ether oxygens (including phenoxy) is 1. The highest BCUT2D eigenvalue weighted by atomic mass is 35.5. The first-order valence-electron chi connectivity index (χ1n) is 7.63.